The summed E-state index contributed by atoms with van der Waals surface area (Å²) in [5, 5.41) is 8.94. The maximum atomic E-state index is 13.4. The number of carboxylic acids is 1. The monoisotopic (exact) mass is 289 g/mol. The van der Waals surface area contributed by atoms with Crippen LogP contribution < -0.4 is 5.73 Å². The van der Waals surface area contributed by atoms with Crippen LogP contribution in [0.1, 0.15) is 12.0 Å². The Balaban J connectivity index is 2.84. The number of rotatable bonds is 5. The van der Waals surface area contributed by atoms with Gasteiger partial charge >= 0.3 is 5.97 Å². The summed E-state index contributed by atoms with van der Waals surface area (Å²) >= 11 is 3.22. The van der Waals surface area contributed by atoms with E-state index in [1.807, 2.05) is 0 Å². The molecule has 1 atom stereocenters. The van der Waals surface area contributed by atoms with Crippen molar-refractivity contribution in [3.05, 3.63) is 34.1 Å². The molecule has 0 saturated heterocycles. The van der Waals surface area contributed by atoms with Gasteiger partial charge in [-0.2, -0.15) is 0 Å². The van der Waals surface area contributed by atoms with Gasteiger partial charge in [0.1, 0.15) is 5.82 Å². The Hall–Kier alpha value is -0.940. The van der Waals surface area contributed by atoms with E-state index in [0.29, 0.717) is 12.0 Å². The number of hydrogen-bond donors (Lipinski definition) is 2. The van der Waals surface area contributed by atoms with Crippen molar-refractivity contribution < 1.29 is 14.3 Å². The minimum Gasteiger partial charge on any atom is -0.481 e. The Kier molecular flexibility index (Phi) is 4.89. The molecule has 5 heteroatoms. The second-order valence-corrected chi connectivity index (χ2v) is 4.47. The van der Waals surface area contributed by atoms with Crippen LogP contribution in [0.4, 0.5) is 4.39 Å². The number of benzene rings is 1. The summed E-state index contributed by atoms with van der Waals surface area (Å²) in [5.41, 5.74) is 5.72. The molecular formula is C11H13BrFNO2. The van der Waals surface area contributed by atoms with Crippen LogP contribution in [0.25, 0.3) is 0 Å². The topological polar surface area (TPSA) is 63.3 Å². The van der Waals surface area contributed by atoms with Crippen molar-refractivity contribution >= 4 is 21.9 Å². The quantitative estimate of drug-likeness (QED) is 0.873. The SMILES string of the molecule is NCCC(Cc1cc(Br)ccc1F)C(=O)O. The molecule has 16 heavy (non-hydrogen) atoms. The summed E-state index contributed by atoms with van der Waals surface area (Å²) in [6.07, 6.45) is 0.513. The molecule has 0 radical (unpaired) electrons. The van der Waals surface area contributed by atoms with Crippen molar-refractivity contribution in [2.45, 2.75) is 12.8 Å². The molecule has 0 aliphatic heterocycles. The fraction of sp³-hybridized carbons (Fsp3) is 0.364. The van der Waals surface area contributed by atoms with Gasteiger partial charge in [-0.15, -0.1) is 0 Å². The molecule has 3 N–H and O–H groups in total. The van der Waals surface area contributed by atoms with Crippen molar-refractivity contribution in [2.24, 2.45) is 11.7 Å². The van der Waals surface area contributed by atoms with E-state index in [4.69, 9.17) is 10.8 Å². The van der Waals surface area contributed by atoms with E-state index in [-0.39, 0.29) is 18.8 Å². The highest BCUT2D eigenvalue weighted by Gasteiger charge is 2.18. The summed E-state index contributed by atoms with van der Waals surface area (Å²) in [6, 6.07) is 4.50. The van der Waals surface area contributed by atoms with Crippen molar-refractivity contribution in [2.75, 3.05) is 6.54 Å². The summed E-state index contributed by atoms with van der Waals surface area (Å²) in [5.74, 6) is -1.95. The first-order chi connectivity index (χ1) is 7.54. The first-order valence-corrected chi connectivity index (χ1v) is 5.70. The average Bonchev–Trinajstić information content (AvgIpc) is 2.22. The van der Waals surface area contributed by atoms with E-state index in [1.165, 1.54) is 6.07 Å². The van der Waals surface area contributed by atoms with Crippen LogP contribution in [-0.4, -0.2) is 17.6 Å². The fourth-order valence-corrected chi connectivity index (χ4v) is 1.89. The van der Waals surface area contributed by atoms with E-state index in [0.717, 1.165) is 4.47 Å². The maximum Gasteiger partial charge on any atom is 0.306 e. The first kappa shape index (κ1) is 13.1. The predicted molar refractivity (Wildman–Crippen MR) is 62.6 cm³/mol. The molecule has 0 aliphatic rings. The summed E-state index contributed by atoms with van der Waals surface area (Å²) in [7, 11) is 0. The maximum absolute atomic E-state index is 13.4. The van der Waals surface area contributed by atoms with Gasteiger partial charge < -0.3 is 10.8 Å². The lowest BCUT2D eigenvalue weighted by Gasteiger charge is -2.11. The third-order valence-electron chi connectivity index (χ3n) is 2.34. The highest BCUT2D eigenvalue weighted by atomic mass is 79.9. The Morgan fingerprint density at radius 3 is 2.81 bits per heavy atom. The lowest BCUT2D eigenvalue weighted by Crippen LogP contribution is -2.20. The number of hydrogen-bond acceptors (Lipinski definition) is 2. The minimum atomic E-state index is -0.940. The molecule has 1 aromatic carbocycles. The molecule has 88 valence electrons. The number of carboxylic acid groups (broad SMARTS) is 1. The fourth-order valence-electron chi connectivity index (χ4n) is 1.48. The zero-order valence-corrected chi connectivity index (χ0v) is 10.2. The molecule has 3 nitrogen and oxygen atoms in total. The van der Waals surface area contributed by atoms with Gasteiger partial charge in [0.25, 0.3) is 0 Å². The van der Waals surface area contributed by atoms with Crippen LogP contribution in [0, 0.1) is 11.7 Å². The Morgan fingerprint density at radius 2 is 2.25 bits per heavy atom. The molecule has 0 fully saturated rings. The molecule has 0 bridgehead atoms. The third-order valence-corrected chi connectivity index (χ3v) is 2.83. The third kappa shape index (κ3) is 3.57. The summed E-state index contributed by atoms with van der Waals surface area (Å²) < 4.78 is 14.1. The predicted octanol–water partition coefficient (Wildman–Crippen LogP) is 2.18. The molecule has 1 unspecified atom stereocenters. The van der Waals surface area contributed by atoms with E-state index in [1.54, 1.807) is 12.1 Å². The van der Waals surface area contributed by atoms with Crippen LogP contribution in [0.2, 0.25) is 0 Å². The second-order valence-electron chi connectivity index (χ2n) is 3.55. The van der Waals surface area contributed by atoms with Crippen molar-refractivity contribution in [1.82, 2.24) is 0 Å². The Morgan fingerprint density at radius 1 is 1.56 bits per heavy atom. The molecule has 0 spiro atoms. The molecule has 0 saturated carbocycles. The minimum absolute atomic E-state index is 0.164. The normalized spacial score (nSPS) is 12.4. The van der Waals surface area contributed by atoms with Gasteiger partial charge in [-0.3, -0.25) is 4.79 Å². The average molecular weight is 290 g/mol. The van der Waals surface area contributed by atoms with Gasteiger partial charge in [0.05, 0.1) is 5.92 Å². The van der Waals surface area contributed by atoms with Gasteiger partial charge in [0, 0.05) is 4.47 Å². The highest BCUT2D eigenvalue weighted by Crippen LogP contribution is 2.20. The van der Waals surface area contributed by atoms with Crippen molar-refractivity contribution in [3.8, 4) is 0 Å². The Labute approximate surface area is 102 Å². The summed E-state index contributed by atoms with van der Waals surface area (Å²) in [4.78, 5) is 10.9. The lowest BCUT2D eigenvalue weighted by molar-refractivity contribution is -0.141. The van der Waals surface area contributed by atoms with Crippen molar-refractivity contribution in [3.63, 3.8) is 0 Å². The van der Waals surface area contributed by atoms with E-state index < -0.39 is 11.9 Å². The number of halogens is 2. The standard InChI is InChI=1S/C11H13BrFNO2/c12-9-1-2-10(13)8(6-9)5-7(3-4-14)11(15)16/h1-2,6-7H,3-5,14H2,(H,15,16). The van der Waals surface area contributed by atoms with E-state index >= 15 is 0 Å². The number of nitrogens with two attached hydrogens (primary N) is 1. The van der Waals surface area contributed by atoms with Gasteiger partial charge in [-0.25, -0.2) is 4.39 Å². The van der Waals surface area contributed by atoms with Gasteiger partial charge in [0.2, 0.25) is 0 Å². The zero-order valence-electron chi connectivity index (χ0n) is 8.62. The van der Waals surface area contributed by atoms with Gasteiger partial charge in [-0.05, 0) is 43.1 Å². The smallest absolute Gasteiger partial charge is 0.306 e. The first-order valence-electron chi connectivity index (χ1n) is 4.91. The Bertz CT molecular complexity index is 384. The van der Waals surface area contributed by atoms with E-state index in [9.17, 15) is 9.18 Å². The largest absolute Gasteiger partial charge is 0.481 e. The van der Waals surface area contributed by atoms with Gasteiger partial charge in [0.15, 0.2) is 0 Å². The zero-order chi connectivity index (χ0) is 12.1. The van der Waals surface area contributed by atoms with Gasteiger partial charge in [-0.1, -0.05) is 15.9 Å². The summed E-state index contributed by atoms with van der Waals surface area (Å²) in [6.45, 7) is 0.284. The number of aliphatic carboxylic acids is 1. The second kappa shape index (κ2) is 5.96. The molecule has 1 aromatic rings. The van der Waals surface area contributed by atoms with Crippen LogP contribution >= 0.6 is 15.9 Å². The molecule has 0 aliphatic carbocycles. The number of carbonyl (C=O) groups is 1. The molecule has 1 rings (SSSR count). The van der Waals surface area contributed by atoms with E-state index in [2.05, 4.69) is 15.9 Å². The molecular weight excluding hydrogens is 277 g/mol. The lowest BCUT2D eigenvalue weighted by atomic mass is 9.96. The van der Waals surface area contributed by atoms with Crippen LogP contribution in [0.5, 0.6) is 0 Å². The highest BCUT2D eigenvalue weighted by molar-refractivity contribution is 9.10. The molecule has 0 aromatic heterocycles. The van der Waals surface area contributed by atoms with Crippen molar-refractivity contribution in [1.29, 1.82) is 0 Å². The molecule has 0 heterocycles. The molecule has 0 amide bonds. The van der Waals surface area contributed by atoms with Crippen LogP contribution in [0.3, 0.4) is 0 Å². The van der Waals surface area contributed by atoms with Crippen LogP contribution in [0.15, 0.2) is 22.7 Å². The van der Waals surface area contributed by atoms with Crippen LogP contribution in [-0.2, 0) is 11.2 Å².